The summed E-state index contributed by atoms with van der Waals surface area (Å²) >= 11 is 0. The van der Waals surface area contributed by atoms with Crippen LogP contribution in [0.2, 0.25) is 0 Å². The van der Waals surface area contributed by atoms with Crippen molar-refractivity contribution in [1.29, 1.82) is 0 Å². The molecule has 0 bridgehead atoms. The summed E-state index contributed by atoms with van der Waals surface area (Å²) in [4.78, 5) is 36.9. The molecule has 2 aromatic rings. The zero-order chi connectivity index (χ0) is 20.7. The van der Waals surface area contributed by atoms with Gasteiger partial charge >= 0.3 is 5.97 Å². The normalized spacial score (nSPS) is 10.9. The van der Waals surface area contributed by atoms with E-state index in [1.165, 1.54) is 24.3 Å². The highest BCUT2D eigenvalue weighted by atomic mass is 16.5. The molecule has 0 saturated heterocycles. The minimum absolute atomic E-state index is 0.152. The number of aromatic nitrogens is 2. The van der Waals surface area contributed by atoms with Gasteiger partial charge in [-0.15, -0.1) is 0 Å². The van der Waals surface area contributed by atoms with Crippen LogP contribution in [0.1, 0.15) is 22.7 Å². The Balaban J connectivity index is 1.74. The number of hydrogen-bond donors (Lipinski definition) is 1. The van der Waals surface area contributed by atoms with Gasteiger partial charge in [0.15, 0.2) is 6.61 Å². The Morgan fingerprint density at radius 2 is 2.11 bits per heavy atom. The van der Waals surface area contributed by atoms with Gasteiger partial charge in [-0.05, 0) is 32.1 Å². The van der Waals surface area contributed by atoms with Crippen molar-refractivity contribution in [1.82, 2.24) is 20.0 Å². The number of esters is 1. The van der Waals surface area contributed by atoms with Crippen LogP contribution in [0, 0.1) is 13.8 Å². The monoisotopic (exact) mass is 388 g/mol. The van der Waals surface area contributed by atoms with E-state index in [0.29, 0.717) is 5.76 Å². The first-order chi connectivity index (χ1) is 13.3. The van der Waals surface area contributed by atoms with E-state index in [9.17, 15) is 14.4 Å². The van der Waals surface area contributed by atoms with Crippen molar-refractivity contribution in [3.05, 3.63) is 47.2 Å². The van der Waals surface area contributed by atoms with Crippen molar-refractivity contribution in [3.8, 4) is 0 Å². The Labute approximate surface area is 162 Å². The topological polar surface area (TPSA) is 107 Å². The van der Waals surface area contributed by atoms with E-state index in [0.717, 1.165) is 17.0 Å². The van der Waals surface area contributed by atoms with Crippen LogP contribution in [0.25, 0.3) is 6.08 Å². The molecular formula is C19H24N4O5. The van der Waals surface area contributed by atoms with Gasteiger partial charge in [0, 0.05) is 31.4 Å². The maximum Gasteiger partial charge on any atom is 0.331 e. The lowest BCUT2D eigenvalue weighted by Gasteiger charge is -2.16. The number of furan rings is 1. The van der Waals surface area contributed by atoms with Gasteiger partial charge in [0.1, 0.15) is 5.76 Å². The molecule has 2 aromatic heterocycles. The summed E-state index contributed by atoms with van der Waals surface area (Å²) < 4.78 is 11.8. The van der Waals surface area contributed by atoms with Gasteiger partial charge < -0.3 is 19.4 Å². The van der Waals surface area contributed by atoms with Crippen LogP contribution in [0.3, 0.4) is 0 Å². The molecule has 0 aliphatic rings. The minimum atomic E-state index is -0.647. The fourth-order valence-corrected chi connectivity index (χ4v) is 2.43. The fourth-order valence-electron chi connectivity index (χ4n) is 2.43. The van der Waals surface area contributed by atoms with Crippen LogP contribution in [-0.2, 0) is 32.7 Å². The molecule has 0 aliphatic carbocycles. The van der Waals surface area contributed by atoms with Gasteiger partial charge in [0.25, 0.3) is 5.91 Å². The second kappa shape index (κ2) is 9.54. The van der Waals surface area contributed by atoms with Crippen LogP contribution < -0.4 is 5.32 Å². The number of carbonyl (C=O) groups excluding carboxylic acids is 3. The third kappa shape index (κ3) is 5.83. The highest BCUT2D eigenvalue weighted by Gasteiger charge is 2.15. The second-order valence-corrected chi connectivity index (χ2v) is 6.26. The van der Waals surface area contributed by atoms with E-state index in [-0.39, 0.29) is 19.0 Å². The van der Waals surface area contributed by atoms with Crippen LogP contribution in [0.4, 0.5) is 0 Å². The number of carbonyl (C=O) groups is 3. The SMILES string of the molecule is Cc1nn(C)c(C)c1/C=C/C(=O)OCC(=O)N(C)CC(=O)NCc1ccco1. The van der Waals surface area contributed by atoms with Gasteiger partial charge in [-0.3, -0.25) is 14.3 Å². The van der Waals surface area contributed by atoms with Crippen LogP contribution in [-0.4, -0.2) is 52.7 Å². The highest BCUT2D eigenvalue weighted by molar-refractivity contribution is 5.90. The first-order valence-corrected chi connectivity index (χ1v) is 8.66. The summed E-state index contributed by atoms with van der Waals surface area (Å²) in [6, 6.07) is 3.45. The second-order valence-electron chi connectivity index (χ2n) is 6.26. The Bertz CT molecular complexity index is 867. The maximum atomic E-state index is 12.0. The van der Waals surface area contributed by atoms with E-state index < -0.39 is 18.5 Å². The van der Waals surface area contributed by atoms with Gasteiger partial charge in [-0.1, -0.05) is 0 Å². The molecule has 2 rings (SSSR count). The number of hydrogen-bond acceptors (Lipinski definition) is 6. The van der Waals surface area contributed by atoms with Gasteiger partial charge in [-0.2, -0.15) is 5.10 Å². The summed E-state index contributed by atoms with van der Waals surface area (Å²) in [5.74, 6) is -0.863. The summed E-state index contributed by atoms with van der Waals surface area (Å²) in [6.45, 7) is 3.37. The Morgan fingerprint density at radius 3 is 2.71 bits per heavy atom. The van der Waals surface area contributed by atoms with Gasteiger partial charge in [0.2, 0.25) is 5.91 Å². The Kier molecular flexibility index (Phi) is 7.14. The molecule has 0 saturated carbocycles. The average Bonchev–Trinajstić information content (AvgIpc) is 3.25. The molecule has 0 radical (unpaired) electrons. The fraction of sp³-hybridized carbons (Fsp3) is 0.368. The quantitative estimate of drug-likeness (QED) is 0.533. The molecule has 9 nitrogen and oxygen atoms in total. The summed E-state index contributed by atoms with van der Waals surface area (Å²) in [7, 11) is 3.28. The molecule has 2 amide bonds. The minimum Gasteiger partial charge on any atom is -0.467 e. The zero-order valence-corrected chi connectivity index (χ0v) is 16.4. The summed E-state index contributed by atoms with van der Waals surface area (Å²) in [6.07, 6.45) is 4.37. The van der Waals surface area contributed by atoms with E-state index in [2.05, 4.69) is 10.4 Å². The van der Waals surface area contributed by atoms with E-state index in [1.807, 2.05) is 20.9 Å². The predicted molar refractivity (Wildman–Crippen MR) is 101 cm³/mol. The zero-order valence-electron chi connectivity index (χ0n) is 16.4. The highest BCUT2D eigenvalue weighted by Crippen LogP contribution is 2.13. The molecule has 150 valence electrons. The molecule has 1 N–H and O–H groups in total. The van der Waals surface area contributed by atoms with Crippen molar-refractivity contribution in [3.63, 3.8) is 0 Å². The van der Waals surface area contributed by atoms with Crippen molar-refractivity contribution < 1.29 is 23.5 Å². The number of nitrogens with one attached hydrogen (secondary N) is 1. The smallest absolute Gasteiger partial charge is 0.331 e. The van der Waals surface area contributed by atoms with Crippen molar-refractivity contribution >= 4 is 23.9 Å². The van der Waals surface area contributed by atoms with Gasteiger partial charge in [-0.25, -0.2) is 4.79 Å². The molecule has 0 aliphatic heterocycles. The third-order valence-electron chi connectivity index (χ3n) is 4.14. The molecular weight excluding hydrogens is 364 g/mol. The summed E-state index contributed by atoms with van der Waals surface area (Å²) in [5, 5.41) is 6.89. The number of rotatable bonds is 8. The van der Waals surface area contributed by atoms with Crippen LogP contribution >= 0.6 is 0 Å². The number of likely N-dealkylation sites (N-methyl/N-ethyl adjacent to an activating group) is 1. The number of ether oxygens (including phenoxy) is 1. The maximum absolute atomic E-state index is 12.0. The molecule has 0 atom stereocenters. The van der Waals surface area contributed by atoms with E-state index in [1.54, 1.807) is 22.9 Å². The predicted octanol–water partition coefficient (Wildman–Crippen LogP) is 0.961. The Hall–Kier alpha value is -3.36. The number of nitrogens with zero attached hydrogens (tertiary/aromatic N) is 3. The average molecular weight is 388 g/mol. The molecule has 9 heteroatoms. The number of aryl methyl sites for hydroxylation is 2. The Morgan fingerprint density at radius 1 is 1.36 bits per heavy atom. The van der Waals surface area contributed by atoms with Crippen molar-refractivity contribution in [2.24, 2.45) is 7.05 Å². The molecule has 28 heavy (non-hydrogen) atoms. The van der Waals surface area contributed by atoms with E-state index >= 15 is 0 Å². The molecule has 2 heterocycles. The van der Waals surface area contributed by atoms with Crippen molar-refractivity contribution in [2.45, 2.75) is 20.4 Å². The summed E-state index contributed by atoms with van der Waals surface area (Å²) in [5.41, 5.74) is 2.54. The molecule has 0 aromatic carbocycles. The first-order valence-electron chi connectivity index (χ1n) is 8.66. The van der Waals surface area contributed by atoms with E-state index in [4.69, 9.17) is 9.15 Å². The lowest BCUT2D eigenvalue weighted by atomic mass is 10.2. The van der Waals surface area contributed by atoms with Crippen LogP contribution in [0.5, 0.6) is 0 Å². The molecule has 0 fully saturated rings. The largest absolute Gasteiger partial charge is 0.467 e. The van der Waals surface area contributed by atoms with Gasteiger partial charge in [0.05, 0.1) is 25.0 Å². The lowest BCUT2D eigenvalue weighted by Crippen LogP contribution is -2.39. The van der Waals surface area contributed by atoms with Crippen molar-refractivity contribution in [2.75, 3.05) is 20.2 Å². The molecule has 0 unspecified atom stereocenters. The molecule has 0 spiro atoms. The third-order valence-corrected chi connectivity index (χ3v) is 4.14. The number of amides is 2. The lowest BCUT2D eigenvalue weighted by molar-refractivity contribution is -0.148. The standard InChI is InChI=1S/C19H24N4O5/c1-13-16(14(2)23(4)21-13)7-8-19(26)28-12-18(25)22(3)11-17(24)20-10-15-6-5-9-27-15/h5-9H,10-12H2,1-4H3,(H,20,24)/b8-7+. The first kappa shape index (κ1) is 20.9. The van der Waals surface area contributed by atoms with Crippen LogP contribution in [0.15, 0.2) is 28.9 Å².